The molecule has 0 radical (unpaired) electrons. The maximum absolute atomic E-state index is 14.3. The first-order valence-electron chi connectivity index (χ1n) is 19.8. The second kappa shape index (κ2) is 18.9. The minimum Gasteiger partial charge on any atom is -0.459 e. The van der Waals surface area contributed by atoms with Crippen molar-refractivity contribution in [3.63, 3.8) is 0 Å². The highest BCUT2D eigenvalue weighted by Gasteiger charge is 2.53. The number of rotatable bonds is 9. The Morgan fingerprint density at radius 2 is 1.50 bits per heavy atom. The molecule has 3 N–H and O–H groups in total. The Hall–Kier alpha value is -1.46. The molecule has 54 heavy (non-hydrogen) atoms. The molecule has 0 bridgehead atoms. The molecule has 0 aromatic carbocycles. The maximum atomic E-state index is 14.3. The number of oxime groups is 1. The van der Waals surface area contributed by atoms with Gasteiger partial charge in [-0.3, -0.25) is 4.79 Å². The largest absolute Gasteiger partial charge is 0.459 e. The van der Waals surface area contributed by atoms with E-state index in [9.17, 15) is 20.1 Å². The molecule has 0 saturated carbocycles. The molecule has 3 fully saturated rings. The number of esters is 1. The Bertz CT molecular complexity index is 1240. The number of hydrogen-bond donors (Lipinski definition) is 3. The summed E-state index contributed by atoms with van der Waals surface area (Å²) in [6, 6.07) is -0.242. The van der Waals surface area contributed by atoms with Gasteiger partial charge in [-0.1, -0.05) is 39.8 Å². The van der Waals surface area contributed by atoms with Crippen LogP contribution in [0.4, 0.5) is 0 Å². The third kappa shape index (κ3) is 9.97. The van der Waals surface area contributed by atoms with Gasteiger partial charge in [0.25, 0.3) is 0 Å². The summed E-state index contributed by atoms with van der Waals surface area (Å²) in [7, 11) is 8.53. The number of nitrogens with zero attached hydrogens (tertiary/aromatic N) is 2. The van der Waals surface area contributed by atoms with Crippen LogP contribution in [0.25, 0.3) is 0 Å². The Balaban J connectivity index is 2.27. The van der Waals surface area contributed by atoms with Crippen LogP contribution < -0.4 is 0 Å². The number of ether oxygens (including phenoxy) is 7. The number of aliphatic hydroxyl groups excluding tert-OH is 2. The van der Waals surface area contributed by atoms with E-state index < -0.39 is 83.6 Å². The Morgan fingerprint density at radius 1 is 0.889 bits per heavy atom. The minimum atomic E-state index is -1.85. The average Bonchev–Trinajstić information content (AvgIpc) is 3.11. The Kier molecular flexibility index (Phi) is 16.4. The fourth-order valence-electron chi connectivity index (χ4n) is 9.05. The first kappa shape index (κ1) is 46.9. The summed E-state index contributed by atoms with van der Waals surface area (Å²) in [4.78, 5) is 21.6. The SMILES string of the molecule is CC[C@H]1OC(=O)[C@H](C)C(OC2CC(C)(OC)[C@@H](C)[C@H](C)O2)[C@H](C)C(OC2O[C@H](C)CC(N(C)C)C2O)C(C)(OC)C[C@@H](C)/C(=N\OC)[C@H](C)C(O)C1(C)O. The van der Waals surface area contributed by atoms with Gasteiger partial charge in [0.05, 0.1) is 53.4 Å². The van der Waals surface area contributed by atoms with Crippen LogP contribution in [-0.4, -0.2) is 145 Å². The van der Waals surface area contributed by atoms with Crippen molar-refractivity contribution >= 4 is 11.7 Å². The predicted octanol–water partition coefficient (Wildman–Crippen LogP) is 4.15. The van der Waals surface area contributed by atoms with Crippen molar-refractivity contribution in [1.82, 2.24) is 4.90 Å². The molecule has 0 aromatic heterocycles. The zero-order valence-electron chi connectivity index (χ0n) is 35.9. The average molecular weight is 775 g/mol. The molecule has 3 aliphatic heterocycles. The van der Waals surface area contributed by atoms with Crippen molar-refractivity contribution in [2.45, 2.75) is 180 Å². The van der Waals surface area contributed by atoms with Crippen molar-refractivity contribution in [3.8, 4) is 0 Å². The van der Waals surface area contributed by atoms with Crippen LogP contribution in [0.5, 0.6) is 0 Å². The number of likely N-dealkylation sites (N-methyl/N-ethyl adjacent to an activating group) is 1. The third-order valence-electron chi connectivity index (χ3n) is 13.1. The van der Waals surface area contributed by atoms with Gasteiger partial charge in [0.1, 0.15) is 24.9 Å². The van der Waals surface area contributed by atoms with E-state index in [2.05, 4.69) is 12.1 Å². The summed E-state index contributed by atoms with van der Waals surface area (Å²) in [6.45, 7) is 20.6. The summed E-state index contributed by atoms with van der Waals surface area (Å²) in [5.74, 6) is -3.21. The number of methoxy groups -OCH3 is 2. The number of aliphatic hydroxyl groups is 3. The number of carbonyl (C=O) groups excluding carboxylic acids is 1. The predicted molar refractivity (Wildman–Crippen MR) is 204 cm³/mol. The monoisotopic (exact) mass is 775 g/mol. The topological polar surface area (TPSA) is 167 Å². The molecule has 14 heteroatoms. The standard InChI is InChI=1S/C40H74N2O12/c1-17-29-40(11,46)34(44)23(4)31(41-49-16)21(2)19-39(10,48-15)35(54-37-32(43)28(42(12)13)18-22(3)50-37)24(5)33(25(6)36(45)52-29)53-30-20-38(9,47-14)26(7)27(8)51-30/h21-30,32-35,37,43-44,46H,17-20H2,1-16H3/b41-31+/t21-,22-,23+,24+,25-,26+,27+,28?,29-,30?,32?,33?,34?,35?,37?,38?,39?,40?/m1/s1. The minimum absolute atomic E-state index is 0.0569. The molecule has 3 heterocycles. The van der Waals surface area contributed by atoms with Crippen LogP contribution in [0, 0.1) is 29.6 Å². The zero-order chi connectivity index (χ0) is 41.1. The summed E-state index contributed by atoms with van der Waals surface area (Å²) in [5, 5.41) is 39.7. The number of carbonyl (C=O) groups is 1. The maximum Gasteiger partial charge on any atom is 0.311 e. The van der Waals surface area contributed by atoms with Crippen molar-refractivity contribution in [1.29, 1.82) is 0 Å². The highest BCUT2D eigenvalue weighted by molar-refractivity contribution is 5.88. The van der Waals surface area contributed by atoms with E-state index in [1.165, 1.54) is 14.0 Å². The lowest BCUT2D eigenvalue weighted by Crippen LogP contribution is -2.61. The highest BCUT2D eigenvalue weighted by atomic mass is 16.7. The van der Waals surface area contributed by atoms with Gasteiger partial charge in [-0.2, -0.15) is 0 Å². The fourth-order valence-corrected chi connectivity index (χ4v) is 9.05. The molecule has 3 saturated heterocycles. The lowest BCUT2D eigenvalue weighted by atomic mass is 9.73. The lowest BCUT2D eigenvalue weighted by Gasteiger charge is -2.50. The molecular weight excluding hydrogens is 700 g/mol. The number of cyclic esters (lactones) is 1. The van der Waals surface area contributed by atoms with E-state index in [1.807, 2.05) is 60.5 Å². The molecule has 0 aliphatic carbocycles. The summed E-state index contributed by atoms with van der Waals surface area (Å²) < 4.78 is 45.2. The molecular formula is C40H74N2O12. The van der Waals surface area contributed by atoms with Gasteiger partial charge in [-0.15, -0.1) is 0 Å². The van der Waals surface area contributed by atoms with Gasteiger partial charge in [-0.25, -0.2) is 0 Å². The Morgan fingerprint density at radius 3 is 2.04 bits per heavy atom. The second-order valence-electron chi connectivity index (χ2n) is 17.3. The summed E-state index contributed by atoms with van der Waals surface area (Å²) >= 11 is 0. The zero-order valence-corrected chi connectivity index (χ0v) is 35.9. The Labute approximate surface area is 324 Å². The van der Waals surface area contributed by atoms with Gasteiger partial charge in [-0.05, 0) is 74.9 Å². The van der Waals surface area contributed by atoms with Crippen LogP contribution in [0.2, 0.25) is 0 Å². The molecule has 316 valence electrons. The fraction of sp³-hybridized carbons (Fsp3) is 0.950. The molecule has 3 aliphatic rings. The van der Waals surface area contributed by atoms with Crippen LogP contribution in [0.1, 0.15) is 102 Å². The van der Waals surface area contributed by atoms with Crippen LogP contribution in [0.3, 0.4) is 0 Å². The summed E-state index contributed by atoms with van der Waals surface area (Å²) in [5.41, 5.74) is -3.08. The highest BCUT2D eigenvalue weighted by Crippen LogP contribution is 2.43. The molecule has 14 nitrogen and oxygen atoms in total. The van der Waals surface area contributed by atoms with Crippen molar-refractivity contribution in [2.75, 3.05) is 35.4 Å². The smallest absolute Gasteiger partial charge is 0.311 e. The van der Waals surface area contributed by atoms with Gasteiger partial charge < -0.3 is 58.2 Å². The van der Waals surface area contributed by atoms with E-state index in [0.29, 0.717) is 25.0 Å². The first-order chi connectivity index (χ1) is 25.0. The third-order valence-corrected chi connectivity index (χ3v) is 13.1. The molecule has 0 spiro atoms. The normalized spacial score (nSPS) is 48.3. The first-order valence-corrected chi connectivity index (χ1v) is 19.8. The van der Waals surface area contributed by atoms with E-state index in [1.54, 1.807) is 35.0 Å². The lowest BCUT2D eigenvalue weighted by molar-refractivity contribution is -0.315. The van der Waals surface area contributed by atoms with Gasteiger partial charge in [0, 0.05) is 50.4 Å². The van der Waals surface area contributed by atoms with Gasteiger partial charge in [0.2, 0.25) is 0 Å². The molecule has 18 atom stereocenters. The van der Waals surface area contributed by atoms with Crippen molar-refractivity contribution < 1.29 is 58.1 Å². The summed E-state index contributed by atoms with van der Waals surface area (Å²) in [6.07, 6.45) is -5.95. The van der Waals surface area contributed by atoms with E-state index in [0.717, 1.165) is 0 Å². The quantitative estimate of drug-likeness (QED) is 0.226. The van der Waals surface area contributed by atoms with Crippen LogP contribution in [0.15, 0.2) is 5.16 Å². The van der Waals surface area contributed by atoms with Crippen molar-refractivity contribution in [3.05, 3.63) is 0 Å². The van der Waals surface area contributed by atoms with Crippen LogP contribution >= 0.6 is 0 Å². The van der Waals surface area contributed by atoms with Crippen LogP contribution in [-0.2, 0) is 42.8 Å². The molecule has 3 rings (SSSR count). The van der Waals surface area contributed by atoms with Gasteiger partial charge >= 0.3 is 5.97 Å². The van der Waals surface area contributed by atoms with Gasteiger partial charge in [0.15, 0.2) is 12.6 Å². The van der Waals surface area contributed by atoms with E-state index >= 15 is 0 Å². The molecule has 0 amide bonds. The second-order valence-corrected chi connectivity index (χ2v) is 17.3. The van der Waals surface area contributed by atoms with E-state index in [-0.39, 0.29) is 36.5 Å². The van der Waals surface area contributed by atoms with E-state index in [4.69, 9.17) is 38.0 Å². The molecule has 10 unspecified atom stereocenters. The number of hydrogen-bond acceptors (Lipinski definition) is 14. The van der Waals surface area contributed by atoms with Crippen molar-refractivity contribution in [2.24, 2.45) is 34.7 Å². The molecule has 0 aromatic rings.